The molecule has 0 heterocycles. The van der Waals surface area contributed by atoms with Crippen LogP contribution in [0.1, 0.15) is 6.42 Å². The lowest BCUT2D eigenvalue weighted by molar-refractivity contribution is 0.252. The van der Waals surface area contributed by atoms with Crippen molar-refractivity contribution in [2.75, 3.05) is 28.7 Å². The third-order valence-corrected chi connectivity index (χ3v) is 2.92. The van der Waals surface area contributed by atoms with Crippen LogP contribution in [0.3, 0.4) is 0 Å². The van der Waals surface area contributed by atoms with Gasteiger partial charge in [0.2, 0.25) is 10.0 Å². The topological polar surface area (TPSA) is 87.3 Å². The van der Waals surface area contributed by atoms with Gasteiger partial charge < -0.3 is 10.6 Å². The quantitative estimate of drug-likeness (QED) is 0.553. The molecule has 1 aromatic rings. The van der Waals surface area contributed by atoms with Crippen LogP contribution >= 0.6 is 11.6 Å². The maximum absolute atomic E-state index is 11.4. The van der Waals surface area contributed by atoms with Crippen LogP contribution in [-0.2, 0) is 10.0 Å². The number of sulfonamides is 1. The van der Waals surface area contributed by atoms with E-state index in [2.05, 4.69) is 15.4 Å². The van der Waals surface area contributed by atoms with Crippen molar-refractivity contribution in [1.29, 1.82) is 0 Å². The van der Waals surface area contributed by atoms with E-state index in [1.807, 2.05) is 0 Å². The number of benzene rings is 1. The number of halogens is 1. The molecule has 1 aromatic carbocycles. The van der Waals surface area contributed by atoms with Gasteiger partial charge in [-0.1, -0.05) is 0 Å². The Labute approximate surface area is 117 Å². The first-order valence-corrected chi connectivity index (χ1v) is 8.02. The van der Waals surface area contributed by atoms with Crippen LogP contribution in [0, 0.1) is 0 Å². The Morgan fingerprint density at radius 3 is 2.32 bits per heavy atom. The summed E-state index contributed by atoms with van der Waals surface area (Å²) in [5.74, 6) is 0.492. The van der Waals surface area contributed by atoms with Crippen LogP contribution < -0.4 is 15.4 Å². The molecule has 0 unspecified atom stereocenters. The van der Waals surface area contributed by atoms with Gasteiger partial charge in [0.1, 0.15) is 0 Å². The molecular weight excluding hydrogens is 290 g/mol. The highest BCUT2D eigenvalue weighted by molar-refractivity contribution is 7.92. The lowest BCUT2D eigenvalue weighted by Crippen LogP contribution is -2.29. The van der Waals surface area contributed by atoms with Crippen LogP contribution in [0.4, 0.5) is 16.2 Å². The van der Waals surface area contributed by atoms with Crippen LogP contribution in [0.25, 0.3) is 0 Å². The molecule has 1 rings (SSSR count). The molecule has 2 amide bonds. The molecule has 0 aliphatic rings. The Hall–Kier alpha value is -1.47. The minimum absolute atomic E-state index is 0.325. The fourth-order valence-corrected chi connectivity index (χ4v) is 1.98. The number of urea groups is 1. The van der Waals surface area contributed by atoms with E-state index in [0.717, 1.165) is 6.26 Å². The summed E-state index contributed by atoms with van der Waals surface area (Å²) in [6, 6.07) is 6.02. The van der Waals surface area contributed by atoms with E-state index in [4.69, 9.17) is 11.6 Å². The Bertz CT molecular complexity index is 516. The van der Waals surface area contributed by atoms with Gasteiger partial charge in [0, 0.05) is 23.8 Å². The van der Waals surface area contributed by atoms with Gasteiger partial charge in [-0.2, -0.15) is 0 Å². The molecule has 0 atom stereocenters. The minimum Gasteiger partial charge on any atom is -0.338 e. The zero-order valence-electron chi connectivity index (χ0n) is 10.4. The molecule has 106 valence electrons. The molecule has 3 N–H and O–H groups in total. The molecule has 6 nitrogen and oxygen atoms in total. The number of hydrogen-bond acceptors (Lipinski definition) is 3. The standard InChI is InChI=1S/C11H16ClN3O3S/c1-19(17,18)15-10-5-3-9(4-6-10)14-11(16)13-8-2-7-12/h3-6,15H,2,7-8H2,1H3,(H2,13,14,16). The average Bonchev–Trinajstić information content (AvgIpc) is 2.30. The van der Waals surface area contributed by atoms with Crippen molar-refractivity contribution < 1.29 is 13.2 Å². The highest BCUT2D eigenvalue weighted by atomic mass is 35.5. The number of carbonyl (C=O) groups excluding carboxylic acids is 1. The van der Waals surface area contributed by atoms with Crippen molar-refractivity contribution in [3.63, 3.8) is 0 Å². The van der Waals surface area contributed by atoms with E-state index in [1.165, 1.54) is 0 Å². The maximum atomic E-state index is 11.4. The van der Waals surface area contributed by atoms with Crippen molar-refractivity contribution >= 4 is 39.0 Å². The van der Waals surface area contributed by atoms with Crippen molar-refractivity contribution in [1.82, 2.24) is 5.32 Å². The first-order valence-electron chi connectivity index (χ1n) is 5.59. The molecule has 0 aliphatic heterocycles. The Balaban J connectivity index is 2.50. The number of rotatable bonds is 6. The molecular formula is C11H16ClN3O3S. The van der Waals surface area contributed by atoms with E-state index in [1.54, 1.807) is 24.3 Å². The van der Waals surface area contributed by atoms with Crippen molar-refractivity contribution in [3.8, 4) is 0 Å². The Kier molecular flexibility index (Phi) is 5.91. The molecule has 19 heavy (non-hydrogen) atoms. The molecule has 0 saturated carbocycles. The summed E-state index contributed by atoms with van der Waals surface area (Å²) in [7, 11) is -3.29. The summed E-state index contributed by atoms with van der Waals surface area (Å²) in [4.78, 5) is 11.4. The second-order valence-corrected chi connectivity index (χ2v) is 6.00. The summed E-state index contributed by atoms with van der Waals surface area (Å²) >= 11 is 5.49. The van der Waals surface area contributed by atoms with Crippen LogP contribution in [-0.4, -0.2) is 33.1 Å². The molecule has 0 bridgehead atoms. The maximum Gasteiger partial charge on any atom is 0.319 e. The van der Waals surface area contributed by atoms with E-state index >= 15 is 0 Å². The fraction of sp³-hybridized carbons (Fsp3) is 0.364. The van der Waals surface area contributed by atoms with E-state index in [9.17, 15) is 13.2 Å². The van der Waals surface area contributed by atoms with E-state index in [0.29, 0.717) is 30.2 Å². The van der Waals surface area contributed by atoms with Crippen LogP contribution in [0.2, 0.25) is 0 Å². The lowest BCUT2D eigenvalue weighted by Gasteiger charge is -2.08. The summed E-state index contributed by atoms with van der Waals surface area (Å²) < 4.78 is 24.3. The van der Waals surface area contributed by atoms with Crippen LogP contribution in [0.15, 0.2) is 24.3 Å². The molecule has 0 saturated heterocycles. The third-order valence-electron chi connectivity index (χ3n) is 2.04. The highest BCUT2D eigenvalue weighted by Crippen LogP contribution is 2.14. The van der Waals surface area contributed by atoms with Gasteiger partial charge in [0.25, 0.3) is 0 Å². The summed E-state index contributed by atoms with van der Waals surface area (Å²) in [5.41, 5.74) is 1.01. The van der Waals surface area contributed by atoms with Gasteiger partial charge in [-0.15, -0.1) is 11.6 Å². The number of hydrogen-bond donors (Lipinski definition) is 3. The number of carbonyl (C=O) groups is 1. The van der Waals surface area contributed by atoms with Gasteiger partial charge in [0.05, 0.1) is 6.26 Å². The average molecular weight is 306 g/mol. The number of alkyl halides is 1. The van der Waals surface area contributed by atoms with Crippen molar-refractivity contribution in [3.05, 3.63) is 24.3 Å². The predicted molar refractivity (Wildman–Crippen MR) is 77.3 cm³/mol. The van der Waals surface area contributed by atoms with Gasteiger partial charge in [-0.25, -0.2) is 13.2 Å². The normalized spacial score (nSPS) is 10.8. The van der Waals surface area contributed by atoms with E-state index in [-0.39, 0.29) is 6.03 Å². The van der Waals surface area contributed by atoms with E-state index < -0.39 is 10.0 Å². The van der Waals surface area contributed by atoms with Gasteiger partial charge in [0.15, 0.2) is 0 Å². The first kappa shape index (κ1) is 15.6. The second-order valence-electron chi connectivity index (χ2n) is 3.88. The SMILES string of the molecule is CS(=O)(=O)Nc1ccc(NC(=O)NCCCCl)cc1. The van der Waals surface area contributed by atoms with Gasteiger partial charge in [-0.05, 0) is 30.7 Å². The minimum atomic E-state index is -3.29. The number of nitrogens with one attached hydrogen (secondary N) is 3. The fourth-order valence-electron chi connectivity index (χ4n) is 1.28. The zero-order chi connectivity index (χ0) is 14.3. The monoisotopic (exact) mass is 305 g/mol. The molecule has 0 radical (unpaired) electrons. The summed E-state index contributed by atoms with van der Waals surface area (Å²) in [5, 5.41) is 5.26. The number of amides is 2. The Morgan fingerprint density at radius 1 is 1.21 bits per heavy atom. The molecule has 0 spiro atoms. The molecule has 0 aliphatic carbocycles. The smallest absolute Gasteiger partial charge is 0.319 e. The second kappa shape index (κ2) is 7.20. The third kappa shape index (κ3) is 6.88. The predicted octanol–water partition coefficient (Wildman–Crippen LogP) is 1.81. The van der Waals surface area contributed by atoms with Crippen molar-refractivity contribution in [2.24, 2.45) is 0 Å². The first-order chi connectivity index (χ1) is 8.90. The van der Waals surface area contributed by atoms with Gasteiger partial charge >= 0.3 is 6.03 Å². The zero-order valence-corrected chi connectivity index (χ0v) is 12.0. The summed E-state index contributed by atoms with van der Waals surface area (Å²) in [6.45, 7) is 0.503. The Morgan fingerprint density at radius 2 is 1.79 bits per heavy atom. The molecule has 0 fully saturated rings. The van der Waals surface area contributed by atoms with Gasteiger partial charge in [-0.3, -0.25) is 4.72 Å². The lowest BCUT2D eigenvalue weighted by atomic mass is 10.3. The largest absolute Gasteiger partial charge is 0.338 e. The molecule has 8 heteroatoms. The molecule has 0 aromatic heterocycles. The van der Waals surface area contributed by atoms with Crippen molar-refractivity contribution in [2.45, 2.75) is 6.42 Å². The highest BCUT2D eigenvalue weighted by Gasteiger charge is 2.03. The van der Waals surface area contributed by atoms with Crippen LogP contribution in [0.5, 0.6) is 0 Å². The number of anilines is 2. The summed E-state index contributed by atoms with van der Waals surface area (Å²) in [6.07, 6.45) is 1.77.